The molecule has 0 bridgehead atoms. The zero-order chi connectivity index (χ0) is 15.9. The Morgan fingerprint density at radius 2 is 2.41 bits per heavy atom. The van der Waals surface area contributed by atoms with Crippen molar-refractivity contribution >= 4 is 11.6 Å². The Kier molecular flexibility index (Phi) is 5.91. The number of nitrogens with zero attached hydrogens (tertiary/aromatic N) is 3. The minimum atomic E-state index is -0.133. The lowest BCUT2D eigenvalue weighted by Gasteiger charge is -2.34. The smallest absolute Gasteiger partial charge is 0.268 e. The quantitative estimate of drug-likeness (QED) is 0.736. The van der Waals surface area contributed by atoms with Crippen LogP contribution in [0.3, 0.4) is 0 Å². The zero-order valence-electron chi connectivity index (χ0n) is 12.9. The first-order valence-corrected chi connectivity index (χ1v) is 7.25. The Labute approximate surface area is 129 Å². The van der Waals surface area contributed by atoms with Gasteiger partial charge in [-0.05, 0) is 6.42 Å². The highest BCUT2D eigenvalue weighted by Crippen LogP contribution is 2.16. The van der Waals surface area contributed by atoms with E-state index in [2.05, 4.69) is 15.3 Å². The molecule has 1 saturated heterocycles. The predicted octanol–water partition coefficient (Wildman–Crippen LogP) is -0.862. The standard InChI is InChI=1S/C14H22N4O4/c1-17-14(20)7-11(8-16-17)18-5-6-22-12(9-18)3-4-15-13(19)10-21-2/h7-8,12H,3-6,9-10H2,1-2H3,(H,15,19)/t12-/m1/s1. The molecule has 0 saturated carbocycles. The number of anilines is 1. The summed E-state index contributed by atoms with van der Waals surface area (Å²) in [5, 5.41) is 6.81. The third kappa shape index (κ3) is 4.54. The molecule has 0 unspecified atom stereocenters. The molecule has 1 amide bonds. The van der Waals surface area contributed by atoms with Gasteiger partial charge in [-0.25, -0.2) is 4.68 Å². The van der Waals surface area contributed by atoms with Gasteiger partial charge in [0.25, 0.3) is 5.56 Å². The number of hydrogen-bond donors (Lipinski definition) is 1. The maximum absolute atomic E-state index is 11.7. The van der Waals surface area contributed by atoms with E-state index in [0.29, 0.717) is 26.1 Å². The number of hydrogen-bond acceptors (Lipinski definition) is 6. The predicted molar refractivity (Wildman–Crippen MR) is 80.9 cm³/mol. The molecule has 0 aliphatic carbocycles. The van der Waals surface area contributed by atoms with Gasteiger partial charge >= 0.3 is 0 Å². The molecule has 1 aromatic heterocycles. The summed E-state index contributed by atoms with van der Waals surface area (Å²) >= 11 is 0. The van der Waals surface area contributed by atoms with Crippen molar-refractivity contribution < 1.29 is 14.3 Å². The minimum absolute atomic E-state index is 0.0145. The van der Waals surface area contributed by atoms with E-state index in [1.807, 2.05) is 0 Å². The average Bonchev–Trinajstić information content (AvgIpc) is 2.51. The number of amides is 1. The van der Waals surface area contributed by atoms with Crippen LogP contribution in [-0.2, 0) is 21.3 Å². The summed E-state index contributed by atoms with van der Waals surface area (Å²) in [7, 11) is 3.11. The highest BCUT2D eigenvalue weighted by molar-refractivity contribution is 5.77. The lowest BCUT2D eigenvalue weighted by atomic mass is 10.2. The summed E-state index contributed by atoms with van der Waals surface area (Å²) in [5.41, 5.74) is 0.673. The molecule has 0 spiro atoms. The highest BCUT2D eigenvalue weighted by atomic mass is 16.5. The van der Waals surface area contributed by atoms with Crippen LogP contribution in [0.15, 0.2) is 17.1 Å². The number of morpholine rings is 1. The molecule has 8 heteroatoms. The van der Waals surface area contributed by atoms with Crippen molar-refractivity contribution in [2.45, 2.75) is 12.5 Å². The van der Waals surface area contributed by atoms with Crippen LogP contribution in [0.2, 0.25) is 0 Å². The van der Waals surface area contributed by atoms with Crippen molar-refractivity contribution in [2.75, 3.05) is 44.9 Å². The second kappa shape index (κ2) is 7.90. The van der Waals surface area contributed by atoms with Crippen molar-refractivity contribution in [3.8, 4) is 0 Å². The number of carbonyl (C=O) groups is 1. The van der Waals surface area contributed by atoms with Gasteiger partial charge in [-0.2, -0.15) is 5.10 Å². The van der Waals surface area contributed by atoms with Crippen LogP contribution in [0.1, 0.15) is 6.42 Å². The molecule has 1 atom stereocenters. The van der Waals surface area contributed by atoms with E-state index in [1.165, 1.54) is 11.8 Å². The lowest BCUT2D eigenvalue weighted by Crippen LogP contribution is -2.44. The van der Waals surface area contributed by atoms with Gasteiger partial charge in [-0.3, -0.25) is 9.59 Å². The molecule has 1 aromatic rings. The van der Waals surface area contributed by atoms with E-state index < -0.39 is 0 Å². The summed E-state index contributed by atoms with van der Waals surface area (Å²) < 4.78 is 11.7. The molecular formula is C14H22N4O4. The topological polar surface area (TPSA) is 85.7 Å². The van der Waals surface area contributed by atoms with Gasteiger partial charge in [-0.1, -0.05) is 0 Å². The minimum Gasteiger partial charge on any atom is -0.375 e. The van der Waals surface area contributed by atoms with Crippen LogP contribution in [0, 0.1) is 0 Å². The number of aromatic nitrogens is 2. The molecular weight excluding hydrogens is 288 g/mol. The molecule has 8 nitrogen and oxygen atoms in total. The second-order valence-corrected chi connectivity index (χ2v) is 5.19. The van der Waals surface area contributed by atoms with Gasteiger partial charge in [-0.15, -0.1) is 0 Å². The van der Waals surface area contributed by atoms with E-state index >= 15 is 0 Å². The highest BCUT2D eigenvalue weighted by Gasteiger charge is 2.21. The summed E-state index contributed by atoms with van der Waals surface area (Å²) in [6, 6.07) is 1.58. The number of methoxy groups -OCH3 is 1. The second-order valence-electron chi connectivity index (χ2n) is 5.19. The van der Waals surface area contributed by atoms with E-state index in [0.717, 1.165) is 12.2 Å². The van der Waals surface area contributed by atoms with E-state index in [9.17, 15) is 9.59 Å². The number of nitrogens with one attached hydrogen (secondary N) is 1. The average molecular weight is 310 g/mol. The van der Waals surface area contributed by atoms with Crippen LogP contribution in [0.25, 0.3) is 0 Å². The Hall–Kier alpha value is -1.93. The van der Waals surface area contributed by atoms with Gasteiger partial charge < -0.3 is 19.7 Å². The Morgan fingerprint density at radius 3 is 3.14 bits per heavy atom. The van der Waals surface area contributed by atoms with Crippen LogP contribution in [-0.4, -0.2) is 61.7 Å². The maximum Gasteiger partial charge on any atom is 0.268 e. The number of ether oxygens (including phenoxy) is 2. The fourth-order valence-electron chi connectivity index (χ4n) is 2.32. The summed E-state index contributed by atoms with van der Waals surface area (Å²) in [6.07, 6.45) is 2.41. The Morgan fingerprint density at radius 1 is 1.59 bits per heavy atom. The molecule has 0 radical (unpaired) electrons. The van der Waals surface area contributed by atoms with E-state index in [-0.39, 0.29) is 24.2 Å². The fraction of sp³-hybridized carbons (Fsp3) is 0.643. The first-order chi connectivity index (χ1) is 10.6. The molecule has 0 aromatic carbocycles. The lowest BCUT2D eigenvalue weighted by molar-refractivity contribution is -0.124. The van der Waals surface area contributed by atoms with Gasteiger partial charge in [0, 0.05) is 39.9 Å². The Balaban J connectivity index is 1.85. The molecule has 1 aliphatic heterocycles. The summed E-state index contributed by atoms with van der Waals surface area (Å²) in [4.78, 5) is 25.0. The van der Waals surface area contributed by atoms with Crippen LogP contribution < -0.4 is 15.8 Å². The van der Waals surface area contributed by atoms with Crippen molar-refractivity contribution in [3.05, 3.63) is 22.6 Å². The number of rotatable bonds is 6. The van der Waals surface area contributed by atoms with E-state index in [4.69, 9.17) is 9.47 Å². The van der Waals surface area contributed by atoms with Crippen LogP contribution in [0.5, 0.6) is 0 Å². The maximum atomic E-state index is 11.7. The first kappa shape index (κ1) is 16.4. The van der Waals surface area contributed by atoms with Crippen LogP contribution >= 0.6 is 0 Å². The molecule has 1 N–H and O–H groups in total. The van der Waals surface area contributed by atoms with Gasteiger partial charge in [0.05, 0.1) is 24.6 Å². The van der Waals surface area contributed by atoms with Gasteiger partial charge in [0.2, 0.25) is 5.91 Å². The van der Waals surface area contributed by atoms with Gasteiger partial charge in [0.15, 0.2) is 0 Å². The zero-order valence-corrected chi connectivity index (χ0v) is 12.9. The number of aryl methyl sites for hydroxylation is 1. The largest absolute Gasteiger partial charge is 0.375 e. The van der Waals surface area contributed by atoms with Gasteiger partial charge in [0.1, 0.15) is 6.61 Å². The fourth-order valence-corrected chi connectivity index (χ4v) is 2.32. The SMILES string of the molecule is COCC(=O)NCC[C@@H]1CN(c2cnn(C)c(=O)c2)CCO1. The monoisotopic (exact) mass is 310 g/mol. The summed E-state index contributed by atoms with van der Waals surface area (Å²) in [6.45, 7) is 2.59. The number of carbonyl (C=O) groups excluding carboxylic acids is 1. The third-order valence-corrected chi connectivity index (χ3v) is 3.52. The molecule has 1 fully saturated rings. The molecule has 2 rings (SSSR count). The normalized spacial score (nSPS) is 18.3. The molecule has 1 aliphatic rings. The van der Waals surface area contributed by atoms with E-state index in [1.54, 1.807) is 19.3 Å². The summed E-state index contributed by atoms with van der Waals surface area (Å²) in [5.74, 6) is -0.133. The van der Waals surface area contributed by atoms with Crippen molar-refractivity contribution in [1.29, 1.82) is 0 Å². The molecule has 122 valence electrons. The third-order valence-electron chi connectivity index (χ3n) is 3.52. The van der Waals surface area contributed by atoms with Crippen LogP contribution in [0.4, 0.5) is 5.69 Å². The molecule has 2 heterocycles. The molecule has 22 heavy (non-hydrogen) atoms. The van der Waals surface area contributed by atoms with Crippen molar-refractivity contribution in [1.82, 2.24) is 15.1 Å². The van der Waals surface area contributed by atoms with Crippen molar-refractivity contribution in [2.24, 2.45) is 7.05 Å². The first-order valence-electron chi connectivity index (χ1n) is 7.25. The van der Waals surface area contributed by atoms with Crippen molar-refractivity contribution in [3.63, 3.8) is 0 Å². The Bertz CT molecular complexity index is 560.